The van der Waals surface area contributed by atoms with Gasteiger partial charge in [0, 0.05) is 24.7 Å². The molecule has 17 heavy (non-hydrogen) atoms. The smallest absolute Gasteiger partial charge is 0.305 e. The average molecular weight is 232 g/mol. The van der Waals surface area contributed by atoms with E-state index in [4.69, 9.17) is 10.8 Å². The molecule has 0 radical (unpaired) electrons. The van der Waals surface area contributed by atoms with E-state index in [9.17, 15) is 4.79 Å². The number of carboxylic acids is 1. The first-order valence-electron chi connectivity index (χ1n) is 5.52. The Hall–Kier alpha value is -1.81. The largest absolute Gasteiger partial charge is 0.481 e. The van der Waals surface area contributed by atoms with Crippen molar-refractivity contribution >= 4 is 16.9 Å². The molecular formula is C13H16N2O2. The second kappa shape index (κ2) is 4.22. The lowest BCUT2D eigenvalue weighted by molar-refractivity contribution is -0.137. The first-order valence-corrected chi connectivity index (χ1v) is 5.52. The number of carboxylic acid groups (broad SMARTS) is 1. The van der Waals surface area contributed by atoms with E-state index in [1.54, 1.807) is 0 Å². The summed E-state index contributed by atoms with van der Waals surface area (Å²) >= 11 is 0. The van der Waals surface area contributed by atoms with Crippen molar-refractivity contribution in [3.8, 4) is 0 Å². The minimum atomic E-state index is -0.872. The van der Waals surface area contributed by atoms with Gasteiger partial charge < -0.3 is 15.4 Å². The van der Waals surface area contributed by atoms with E-state index in [0.717, 1.165) is 22.0 Å². The maximum absolute atomic E-state index is 10.7. The van der Waals surface area contributed by atoms with Crippen LogP contribution < -0.4 is 5.73 Å². The van der Waals surface area contributed by atoms with E-state index in [1.165, 1.54) is 0 Å². The van der Waals surface area contributed by atoms with Gasteiger partial charge in [-0.1, -0.05) is 6.07 Å². The van der Waals surface area contributed by atoms with Crippen LogP contribution in [-0.4, -0.2) is 15.6 Å². The molecule has 2 rings (SSSR count). The van der Waals surface area contributed by atoms with Crippen LogP contribution in [0.3, 0.4) is 0 Å². The lowest BCUT2D eigenvalue weighted by atomic mass is 10.00. The summed E-state index contributed by atoms with van der Waals surface area (Å²) in [7, 11) is 1.99. The molecule has 0 bridgehead atoms. The van der Waals surface area contributed by atoms with Gasteiger partial charge in [0.15, 0.2) is 0 Å². The minimum absolute atomic E-state index is 0.0439. The highest BCUT2D eigenvalue weighted by atomic mass is 16.4. The van der Waals surface area contributed by atoms with Crippen LogP contribution in [0.5, 0.6) is 0 Å². The van der Waals surface area contributed by atoms with E-state index in [0.29, 0.717) is 0 Å². The highest BCUT2D eigenvalue weighted by molar-refractivity contribution is 5.84. The second-order valence-corrected chi connectivity index (χ2v) is 4.41. The Morgan fingerprint density at radius 3 is 2.88 bits per heavy atom. The molecule has 4 nitrogen and oxygen atoms in total. The van der Waals surface area contributed by atoms with Gasteiger partial charge in [-0.15, -0.1) is 0 Å². The molecule has 1 unspecified atom stereocenters. The number of fused-ring (bicyclic) bond motifs is 1. The molecule has 1 atom stereocenters. The van der Waals surface area contributed by atoms with Crippen molar-refractivity contribution in [3.63, 3.8) is 0 Å². The Balaban J connectivity index is 2.46. The number of nitrogens with zero attached hydrogens (tertiary/aromatic N) is 1. The summed E-state index contributed by atoms with van der Waals surface area (Å²) < 4.78 is 2.05. The fourth-order valence-electron chi connectivity index (χ4n) is 2.23. The van der Waals surface area contributed by atoms with Gasteiger partial charge in [-0.2, -0.15) is 0 Å². The summed E-state index contributed by atoms with van der Waals surface area (Å²) in [6, 6.07) is 5.50. The van der Waals surface area contributed by atoms with E-state index in [-0.39, 0.29) is 6.42 Å². The number of hydrogen-bond acceptors (Lipinski definition) is 2. The second-order valence-electron chi connectivity index (χ2n) is 4.41. The molecule has 0 aliphatic heterocycles. The lowest BCUT2D eigenvalue weighted by Crippen LogP contribution is -2.15. The molecule has 1 heterocycles. The quantitative estimate of drug-likeness (QED) is 0.850. The van der Waals surface area contributed by atoms with Crippen molar-refractivity contribution in [1.82, 2.24) is 4.57 Å². The Morgan fingerprint density at radius 2 is 2.24 bits per heavy atom. The maximum Gasteiger partial charge on any atom is 0.305 e. The fourth-order valence-corrected chi connectivity index (χ4v) is 2.23. The summed E-state index contributed by atoms with van der Waals surface area (Å²) in [5.41, 5.74) is 9.03. The molecule has 0 amide bonds. The highest BCUT2D eigenvalue weighted by Gasteiger charge is 2.13. The van der Waals surface area contributed by atoms with E-state index >= 15 is 0 Å². The molecule has 1 aromatic heterocycles. The van der Waals surface area contributed by atoms with Crippen molar-refractivity contribution < 1.29 is 9.90 Å². The van der Waals surface area contributed by atoms with Crippen molar-refractivity contribution in [2.24, 2.45) is 12.8 Å². The zero-order chi connectivity index (χ0) is 12.6. The van der Waals surface area contributed by atoms with Gasteiger partial charge in [0.2, 0.25) is 0 Å². The van der Waals surface area contributed by atoms with E-state index in [2.05, 4.69) is 4.57 Å². The monoisotopic (exact) mass is 232 g/mol. The summed E-state index contributed by atoms with van der Waals surface area (Å²) in [6.07, 6.45) is 1.95. The molecule has 0 aliphatic carbocycles. The average Bonchev–Trinajstić information content (AvgIpc) is 2.59. The summed E-state index contributed by atoms with van der Waals surface area (Å²) in [4.78, 5) is 10.7. The predicted octanol–water partition coefficient (Wildman–Crippen LogP) is 1.96. The Kier molecular flexibility index (Phi) is 2.90. The first kappa shape index (κ1) is 11.7. The first-order chi connectivity index (χ1) is 7.99. The van der Waals surface area contributed by atoms with Crippen LogP contribution in [0.2, 0.25) is 0 Å². The molecule has 2 aromatic rings. The van der Waals surface area contributed by atoms with Gasteiger partial charge in [-0.3, -0.25) is 4.79 Å². The minimum Gasteiger partial charge on any atom is -0.481 e. The van der Waals surface area contributed by atoms with Gasteiger partial charge in [-0.05, 0) is 30.2 Å². The molecule has 0 saturated heterocycles. The van der Waals surface area contributed by atoms with Crippen molar-refractivity contribution in [2.45, 2.75) is 19.4 Å². The molecule has 0 fully saturated rings. The van der Waals surface area contributed by atoms with Crippen LogP contribution in [0.15, 0.2) is 24.4 Å². The molecule has 0 spiro atoms. The Labute approximate surface area is 99.7 Å². The topological polar surface area (TPSA) is 68.2 Å². The van der Waals surface area contributed by atoms with Crippen LogP contribution in [0.25, 0.3) is 10.9 Å². The number of aryl methyl sites for hydroxylation is 2. The Morgan fingerprint density at radius 1 is 1.53 bits per heavy atom. The van der Waals surface area contributed by atoms with Gasteiger partial charge in [-0.25, -0.2) is 0 Å². The molecule has 1 aromatic carbocycles. The van der Waals surface area contributed by atoms with Crippen LogP contribution in [0.1, 0.15) is 23.6 Å². The molecule has 0 aliphatic rings. The third-order valence-corrected chi connectivity index (χ3v) is 3.01. The van der Waals surface area contributed by atoms with Gasteiger partial charge >= 0.3 is 5.97 Å². The molecular weight excluding hydrogens is 216 g/mol. The molecule has 90 valence electrons. The van der Waals surface area contributed by atoms with Crippen LogP contribution in [-0.2, 0) is 11.8 Å². The molecule has 4 heteroatoms. The fraction of sp³-hybridized carbons (Fsp3) is 0.308. The SMILES string of the molecule is Cc1cc(C(N)CC(=O)O)cc2ccn(C)c12. The summed E-state index contributed by atoms with van der Waals surface area (Å²) in [6.45, 7) is 2.01. The van der Waals surface area contributed by atoms with Crippen molar-refractivity contribution in [3.05, 3.63) is 35.5 Å². The standard InChI is InChI=1S/C13H16N2O2/c1-8-5-10(11(14)7-12(16)17)6-9-3-4-15(2)13(8)9/h3-6,11H,7,14H2,1-2H3,(H,16,17). The van der Waals surface area contributed by atoms with E-state index in [1.807, 2.05) is 38.4 Å². The molecule has 0 saturated carbocycles. The third-order valence-electron chi connectivity index (χ3n) is 3.01. The van der Waals surface area contributed by atoms with Crippen LogP contribution in [0, 0.1) is 6.92 Å². The number of rotatable bonds is 3. The maximum atomic E-state index is 10.7. The van der Waals surface area contributed by atoms with Crippen molar-refractivity contribution in [2.75, 3.05) is 0 Å². The van der Waals surface area contributed by atoms with Gasteiger partial charge in [0.05, 0.1) is 11.9 Å². The number of aliphatic carboxylic acids is 1. The van der Waals surface area contributed by atoms with Crippen LogP contribution >= 0.6 is 0 Å². The third kappa shape index (κ3) is 2.17. The normalized spacial score (nSPS) is 12.9. The van der Waals surface area contributed by atoms with Crippen LogP contribution in [0.4, 0.5) is 0 Å². The highest BCUT2D eigenvalue weighted by Crippen LogP contribution is 2.25. The number of nitrogens with two attached hydrogens (primary N) is 1. The number of carbonyl (C=O) groups is 1. The summed E-state index contributed by atoms with van der Waals surface area (Å²) in [5, 5.41) is 9.85. The van der Waals surface area contributed by atoms with Crippen molar-refractivity contribution in [1.29, 1.82) is 0 Å². The number of aromatic nitrogens is 1. The van der Waals surface area contributed by atoms with E-state index < -0.39 is 12.0 Å². The Bertz CT molecular complexity index is 572. The molecule has 3 N–H and O–H groups in total. The van der Waals surface area contributed by atoms with Gasteiger partial charge in [0.25, 0.3) is 0 Å². The number of benzene rings is 1. The summed E-state index contributed by atoms with van der Waals surface area (Å²) in [5.74, 6) is -0.872. The predicted molar refractivity (Wildman–Crippen MR) is 66.8 cm³/mol. The van der Waals surface area contributed by atoms with Gasteiger partial charge in [0.1, 0.15) is 0 Å². The number of hydrogen-bond donors (Lipinski definition) is 2. The zero-order valence-corrected chi connectivity index (χ0v) is 9.97. The zero-order valence-electron chi connectivity index (χ0n) is 9.97. The lowest BCUT2D eigenvalue weighted by Gasteiger charge is -2.11.